The zero-order valence-electron chi connectivity index (χ0n) is 8.66. The quantitative estimate of drug-likeness (QED) is 0.580. The third kappa shape index (κ3) is 2.94. The van der Waals surface area contributed by atoms with Crippen LogP contribution in [0.15, 0.2) is 54.6 Å². The molecule has 1 radical (unpaired) electrons. The van der Waals surface area contributed by atoms with Crippen molar-refractivity contribution in [2.45, 2.75) is 6.04 Å². The summed E-state index contributed by atoms with van der Waals surface area (Å²) in [6.07, 6.45) is 0. The van der Waals surface area contributed by atoms with E-state index in [1.807, 2.05) is 30.3 Å². The topological polar surface area (TPSA) is 0 Å². The minimum absolute atomic E-state index is 0.202. The average Bonchev–Trinajstić information content (AvgIpc) is 2.33. The minimum Gasteiger partial charge on any atom is -0.207 e. The normalized spacial score (nSPS) is 10.7. The molecule has 0 bridgehead atoms. The van der Waals surface area contributed by atoms with Crippen molar-refractivity contribution in [3.63, 3.8) is 0 Å². The van der Waals surface area contributed by atoms with Gasteiger partial charge in [-0.2, -0.15) is 11.1 Å². The Morgan fingerprint density at radius 3 is 2.19 bits per heavy atom. The van der Waals surface area contributed by atoms with E-state index in [9.17, 15) is 4.39 Å². The summed E-state index contributed by atoms with van der Waals surface area (Å²) < 4.78 is 12.7. The molecule has 0 aliphatic carbocycles. The van der Waals surface area contributed by atoms with Gasteiger partial charge in [-0.05, 0) is 28.9 Å². The largest absolute Gasteiger partial charge is 0.207 e. The van der Waals surface area contributed by atoms with Gasteiger partial charge in [0.25, 0.3) is 0 Å². The first-order chi connectivity index (χ1) is 7.75. The summed E-state index contributed by atoms with van der Waals surface area (Å²) >= 11 is 6.39. The monoisotopic (exact) mass is 249 g/mol. The van der Waals surface area contributed by atoms with Gasteiger partial charge in [0.05, 0.1) is 0 Å². The average molecular weight is 250 g/mol. The number of halogens is 2. The van der Waals surface area contributed by atoms with Gasteiger partial charge in [-0.3, -0.25) is 0 Å². The summed E-state index contributed by atoms with van der Waals surface area (Å²) in [6, 6.07) is 17.4. The van der Waals surface area contributed by atoms with Crippen LogP contribution in [0.25, 0.3) is 0 Å². The van der Waals surface area contributed by atoms with Gasteiger partial charge in [-0.1, -0.05) is 42.5 Å². The van der Waals surface area contributed by atoms with Crippen LogP contribution < -0.4 is 5.19 Å². The van der Waals surface area contributed by atoms with Gasteiger partial charge >= 0.3 is 0 Å². The van der Waals surface area contributed by atoms with Crippen molar-refractivity contribution in [2.24, 2.45) is 0 Å². The van der Waals surface area contributed by atoms with Crippen LogP contribution in [-0.2, 0) is 6.04 Å². The maximum atomic E-state index is 12.7. The van der Waals surface area contributed by atoms with Gasteiger partial charge in [0.1, 0.15) is 5.82 Å². The Labute approximate surface area is 101 Å². The number of benzene rings is 2. The van der Waals surface area contributed by atoms with Crippen LogP contribution in [0, 0.1) is 5.82 Å². The summed E-state index contributed by atoms with van der Waals surface area (Å²) in [5, 5.41) is 1.19. The van der Waals surface area contributed by atoms with E-state index in [4.69, 9.17) is 11.1 Å². The molecule has 0 fully saturated rings. The maximum absolute atomic E-state index is 12.7. The zero-order valence-corrected chi connectivity index (χ0v) is 10.4. The fraction of sp³-hybridized carbons (Fsp3) is 0.0769. The molecule has 0 saturated heterocycles. The molecule has 0 amide bonds. The van der Waals surface area contributed by atoms with Crippen LogP contribution in [-0.4, -0.2) is 8.11 Å². The first-order valence-corrected chi connectivity index (χ1v) is 7.79. The summed E-state index contributed by atoms with van der Waals surface area (Å²) in [5.41, 5.74) is 1.09. The van der Waals surface area contributed by atoms with Crippen LogP contribution in [0.4, 0.5) is 4.39 Å². The number of rotatable bonds is 3. The Balaban J connectivity index is 2.08. The lowest BCUT2D eigenvalue weighted by Crippen LogP contribution is -2.26. The van der Waals surface area contributed by atoms with E-state index < -0.39 is 8.11 Å². The molecule has 0 heterocycles. The maximum Gasteiger partial charge on any atom is 0.204 e. The van der Waals surface area contributed by atoms with Crippen molar-refractivity contribution in [2.75, 3.05) is 0 Å². The molecule has 0 spiro atoms. The lowest BCUT2D eigenvalue weighted by Gasteiger charge is -2.07. The summed E-state index contributed by atoms with van der Waals surface area (Å²) in [6.45, 7) is 0. The molecule has 2 aromatic carbocycles. The van der Waals surface area contributed by atoms with Crippen LogP contribution >= 0.6 is 11.1 Å². The van der Waals surface area contributed by atoms with Crippen molar-refractivity contribution in [3.05, 3.63) is 66.0 Å². The lowest BCUT2D eigenvalue weighted by molar-refractivity contribution is 0.627. The molecule has 2 rings (SSSR count). The minimum atomic E-state index is -1.08. The van der Waals surface area contributed by atoms with Gasteiger partial charge in [0, 0.05) is 0 Å². The fourth-order valence-corrected chi connectivity index (χ4v) is 3.70. The molecule has 0 saturated carbocycles. The van der Waals surface area contributed by atoms with Crippen molar-refractivity contribution in [1.29, 1.82) is 0 Å². The van der Waals surface area contributed by atoms with Gasteiger partial charge in [-0.15, -0.1) is 0 Å². The molecule has 0 N–H and O–H groups in total. The Kier molecular flexibility index (Phi) is 3.75. The van der Waals surface area contributed by atoms with E-state index >= 15 is 0 Å². The lowest BCUT2D eigenvalue weighted by atomic mass is 10.2. The van der Waals surface area contributed by atoms with E-state index in [0.717, 1.165) is 11.6 Å². The number of hydrogen-bond donors (Lipinski definition) is 0. The molecule has 0 aliphatic heterocycles. The second-order valence-electron chi connectivity index (χ2n) is 3.57. The summed E-state index contributed by atoms with van der Waals surface area (Å²) in [5.74, 6) is -0.202. The molecule has 3 heteroatoms. The van der Waals surface area contributed by atoms with Gasteiger partial charge < -0.3 is 0 Å². The molecule has 0 unspecified atom stereocenters. The van der Waals surface area contributed by atoms with Crippen molar-refractivity contribution in [1.82, 2.24) is 0 Å². The zero-order chi connectivity index (χ0) is 11.4. The van der Waals surface area contributed by atoms with Crippen LogP contribution in [0.5, 0.6) is 0 Å². The predicted octanol–water partition coefficient (Wildman–Crippen LogP) is 3.04. The van der Waals surface area contributed by atoms with Gasteiger partial charge in [0.2, 0.25) is 8.11 Å². The highest BCUT2D eigenvalue weighted by atomic mass is 35.6. The highest BCUT2D eigenvalue weighted by Crippen LogP contribution is 2.07. The van der Waals surface area contributed by atoms with Crippen molar-refractivity contribution < 1.29 is 4.39 Å². The molecule has 0 nitrogen and oxygen atoms in total. The van der Waals surface area contributed by atoms with E-state index in [0.29, 0.717) is 0 Å². The van der Waals surface area contributed by atoms with E-state index in [2.05, 4.69) is 0 Å². The third-order valence-electron chi connectivity index (χ3n) is 2.36. The van der Waals surface area contributed by atoms with E-state index in [1.54, 1.807) is 12.1 Å². The first kappa shape index (κ1) is 11.4. The fourth-order valence-electron chi connectivity index (χ4n) is 1.50. The molecular formula is C13H11ClFSi. The van der Waals surface area contributed by atoms with Crippen LogP contribution in [0.1, 0.15) is 5.56 Å². The van der Waals surface area contributed by atoms with E-state index in [1.165, 1.54) is 17.3 Å². The summed E-state index contributed by atoms with van der Waals surface area (Å²) in [7, 11) is -1.08. The summed E-state index contributed by atoms with van der Waals surface area (Å²) in [4.78, 5) is 0. The highest BCUT2D eigenvalue weighted by Gasteiger charge is 2.11. The van der Waals surface area contributed by atoms with Crippen molar-refractivity contribution in [3.8, 4) is 0 Å². The Hall–Kier alpha value is -1.12. The third-order valence-corrected chi connectivity index (χ3v) is 5.09. The molecule has 0 aliphatic rings. The van der Waals surface area contributed by atoms with Crippen LogP contribution in [0.3, 0.4) is 0 Å². The predicted molar refractivity (Wildman–Crippen MR) is 67.8 cm³/mol. The molecule has 0 atom stereocenters. The molecule has 81 valence electrons. The van der Waals surface area contributed by atoms with Crippen molar-refractivity contribution >= 4 is 24.4 Å². The highest BCUT2D eigenvalue weighted by molar-refractivity contribution is 7.13. The van der Waals surface area contributed by atoms with Gasteiger partial charge in [0.15, 0.2) is 0 Å². The SMILES string of the molecule is Fc1ccc(C[Si](Cl)c2ccccc2)cc1. The second-order valence-corrected chi connectivity index (χ2v) is 6.68. The van der Waals surface area contributed by atoms with Gasteiger partial charge in [-0.25, -0.2) is 4.39 Å². The Bertz CT molecular complexity index is 441. The Morgan fingerprint density at radius 2 is 1.56 bits per heavy atom. The second kappa shape index (κ2) is 5.28. The molecular weight excluding hydrogens is 239 g/mol. The van der Waals surface area contributed by atoms with E-state index in [-0.39, 0.29) is 5.82 Å². The first-order valence-electron chi connectivity index (χ1n) is 5.07. The Morgan fingerprint density at radius 1 is 0.938 bits per heavy atom. The molecule has 0 aromatic heterocycles. The van der Waals surface area contributed by atoms with Crippen LogP contribution in [0.2, 0.25) is 0 Å². The smallest absolute Gasteiger partial charge is 0.204 e. The molecule has 2 aromatic rings. The standard InChI is InChI=1S/C13H11ClFSi/c14-16(13-4-2-1-3-5-13)10-11-6-8-12(15)9-7-11/h1-9H,10H2. The molecule has 16 heavy (non-hydrogen) atoms. The number of hydrogen-bond acceptors (Lipinski definition) is 0.